The van der Waals surface area contributed by atoms with Crippen LogP contribution in [-0.2, 0) is 16.2 Å². The fourth-order valence-electron chi connectivity index (χ4n) is 12.1. The van der Waals surface area contributed by atoms with E-state index in [-0.39, 0.29) is 34.0 Å². The Morgan fingerprint density at radius 2 is 0.989 bits per heavy atom. The van der Waals surface area contributed by atoms with Gasteiger partial charge in [-0.1, -0.05) is 178 Å². The minimum atomic E-state index is -1.00. The Balaban J connectivity index is 1.04. The van der Waals surface area contributed by atoms with Gasteiger partial charge in [0.2, 0.25) is 0 Å². The molecule has 0 radical (unpaired) electrons. The molecule has 9 heteroatoms. The lowest BCUT2D eigenvalue weighted by Gasteiger charge is -2.31. The van der Waals surface area contributed by atoms with Crippen LogP contribution in [0.15, 0.2) is 237 Å². The van der Waals surface area contributed by atoms with Crippen molar-refractivity contribution in [2.45, 2.75) is 78.6 Å². The van der Waals surface area contributed by atoms with E-state index in [0.29, 0.717) is 17.2 Å². The first-order valence-corrected chi connectivity index (χ1v) is 29.7. The number of fused-ring (bicyclic) bond motifs is 4. The molecule has 3 heterocycles. The SMILES string of the molecule is CC(C)(C)c1cc(-c2cc(-c3ccccc3)cc(-c3c(F)cc(F)cc3F)c2N2CN(c3cc(Oc4ccc5c6ccccc6n(-c6cc(C(C)(C)C)ccn6)c5c4)cc(N(c4ccccc4)c4ccccc4)c3)c3ccccc32)cc(C(C)(C)C)c1. The van der Waals surface area contributed by atoms with Crippen molar-refractivity contribution in [1.29, 1.82) is 0 Å². The third-order valence-electron chi connectivity index (χ3n) is 16.7. The van der Waals surface area contributed by atoms with Gasteiger partial charge < -0.3 is 19.4 Å². The van der Waals surface area contributed by atoms with Gasteiger partial charge in [0.05, 0.1) is 39.3 Å². The quantitative estimate of drug-likeness (QED) is 0.129. The van der Waals surface area contributed by atoms with Crippen LogP contribution in [0.1, 0.15) is 79.0 Å². The monoisotopic (exact) mass is 1150 g/mol. The highest BCUT2D eigenvalue weighted by Crippen LogP contribution is 2.54. The molecular formula is C78H68F3N5O. The molecule has 0 fully saturated rings. The number of para-hydroxylation sites is 5. The second-order valence-corrected chi connectivity index (χ2v) is 25.8. The minimum absolute atomic E-state index is 0.0993. The lowest BCUT2D eigenvalue weighted by Crippen LogP contribution is -2.25. The molecule has 0 unspecified atom stereocenters. The van der Waals surface area contributed by atoms with Crippen LogP contribution < -0.4 is 19.4 Å². The molecule has 0 spiro atoms. The fourth-order valence-corrected chi connectivity index (χ4v) is 12.1. The van der Waals surface area contributed by atoms with E-state index in [0.717, 1.165) is 107 Å². The number of halogens is 3. The van der Waals surface area contributed by atoms with Crippen LogP contribution in [0, 0.1) is 17.5 Å². The number of hydrogen-bond acceptors (Lipinski definition) is 5. The molecule has 2 aromatic heterocycles. The number of benzene rings is 10. The van der Waals surface area contributed by atoms with E-state index in [4.69, 9.17) is 9.72 Å². The average molecular weight is 1150 g/mol. The summed E-state index contributed by atoms with van der Waals surface area (Å²) in [5.41, 5.74) is 13.7. The van der Waals surface area contributed by atoms with E-state index in [9.17, 15) is 0 Å². The van der Waals surface area contributed by atoms with Gasteiger partial charge >= 0.3 is 0 Å². The molecule has 12 aromatic rings. The number of pyridine rings is 1. The Labute approximate surface area is 508 Å². The summed E-state index contributed by atoms with van der Waals surface area (Å²) in [5, 5.41) is 2.17. The maximum atomic E-state index is 17.0. The topological polar surface area (TPSA) is 36.8 Å². The molecule has 13 rings (SSSR count). The van der Waals surface area contributed by atoms with Crippen molar-refractivity contribution in [2.75, 3.05) is 21.4 Å². The van der Waals surface area contributed by atoms with Crippen LogP contribution >= 0.6 is 0 Å². The Morgan fingerprint density at radius 1 is 0.425 bits per heavy atom. The summed E-state index contributed by atoms with van der Waals surface area (Å²) in [6, 6.07) is 76.1. The van der Waals surface area contributed by atoms with Crippen LogP contribution in [-0.4, -0.2) is 16.2 Å². The van der Waals surface area contributed by atoms with Crippen LogP contribution in [0.3, 0.4) is 0 Å². The zero-order chi connectivity index (χ0) is 60.5. The number of ether oxygens (including phenoxy) is 1. The fraction of sp³-hybridized carbons (Fsp3) is 0.167. The summed E-state index contributed by atoms with van der Waals surface area (Å²) in [6.45, 7) is 20.1. The summed E-state index contributed by atoms with van der Waals surface area (Å²) in [7, 11) is 0. The van der Waals surface area contributed by atoms with Crippen molar-refractivity contribution >= 4 is 61.6 Å². The van der Waals surface area contributed by atoms with Crippen molar-refractivity contribution < 1.29 is 17.9 Å². The standard InChI is InChI=1S/C78H68F3N5O/c1-76(2,3)53-35-36-82-73(42-53)86-69-30-20-19-29-63(69)64-34-33-61(48-72(64)86)87-62-46-59(45-60(47-62)85(57-25-15-11-16-26-57)58-27-17-12-18-28-58)83-49-84(71-32-22-21-31-70(71)83)75-65(52-37-54(77(4,5)6)41-55(38-52)78(7,8)9)39-51(50-23-13-10-14-24-50)40-66(75)74-67(80)43-56(79)44-68(74)81/h10-48H,49H2,1-9H3. The highest BCUT2D eigenvalue weighted by Gasteiger charge is 2.35. The number of hydrogen-bond donors (Lipinski definition) is 0. The van der Waals surface area contributed by atoms with Crippen molar-refractivity contribution in [3.63, 3.8) is 0 Å². The predicted molar refractivity (Wildman–Crippen MR) is 354 cm³/mol. The summed E-state index contributed by atoms with van der Waals surface area (Å²) < 4.78 is 58.6. The molecule has 0 atom stereocenters. The van der Waals surface area contributed by atoms with Gasteiger partial charge in [-0.2, -0.15) is 0 Å². The van der Waals surface area contributed by atoms with Crippen LogP contribution in [0.2, 0.25) is 0 Å². The van der Waals surface area contributed by atoms with E-state index in [1.807, 2.05) is 97.2 Å². The molecule has 0 N–H and O–H groups in total. The molecule has 1 aliphatic rings. The number of aromatic nitrogens is 2. The van der Waals surface area contributed by atoms with E-state index >= 15 is 13.2 Å². The zero-order valence-corrected chi connectivity index (χ0v) is 50.5. The Morgan fingerprint density at radius 3 is 1.62 bits per heavy atom. The van der Waals surface area contributed by atoms with E-state index < -0.39 is 17.5 Å². The Kier molecular flexibility index (Phi) is 14.2. The zero-order valence-electron chi connectivity index (χ0n) is 50.5. The minimum Gasteiger partial charge on any atom is -0.457 e. The molecule has 0 saturated heterocycles. The smallest absolute Gasteiger partial charge is 0.137 e. The van der Waals surface area contributed by atoms with Crippen molar-refractivity contribution in [2.24, 2.45) is 0 Å². The highest BCUT2D eigenvalue weighted by molar-refractivity contribution is 6.09. The van der Waals surface area contributed by atoms with Gasteiger partial charge in [-0.3, -0.25) is 4.57 Å². The summed E-state index contributed by atoms with van der Waals surface area (Å²) >= 11 is 0. The van der Waals surface area contributed by atoms with Gasteiger partial charge in [-0.05, 0) is 135 Å². The lowest BCUT2D eigenvalue weighted by atomic mass is 9.78. The first-order chi connectivity index (χ1) is 41.7. The van der Waals surface area contributed by atoms with Crippen molar-refractivity contribution in [3.8, 4) is 50.7 Å². The van der Waals surface area contributed by atoms with Gasteiger partial charge in [0.1, 0.15) is 41.4 Å². The molecule has 0 bridgehead atoms. The van der Waals surface area contributed by atoms with Crippen molar-refractivity contribution in [3.05, 3.63) is 271 Å². The molecule has 10 aromatic carbocycles. The Bertz CT molecular complexity index is 4480. The van der Waals surface area contributed by atoms with E-state index in [1.54, 1.807) is 0 Å². The molecule has 432 valence electrons. The maximum absolute atomic E-state index is 17.0. The number of anilines is 7. The second kappa shape index (κ2) is 21.9. The Hall–Kier alpha value is -9.86. The summed E-state index contributed by atoms with van der Waals surface area (Å²) in [4.78, 5) is 11.6. The first-order valence-electron chi connectivity index (χ1n) is 29.7. The van der Waals surface area contributed by atoms with Crippen molar-refractivity contribution in [1.82, 2.24) is 9.55 Å². The molecule has 1 aliphatic heterocycles. The highest BCUT2D eigenvalue weighted by atomic mass is 19.1. The molecule has 87 heavy (non-hydrogen) atoms. The molecular weight excluding hydrogens is 1080 g/mol. The normalized spacial score (nSPS) is 12.7. The van der Waals surface area contributed by atoms with E-state index in [1.165, 1.54) is 5.56 Å². The molecule has 0 saturated carbocycles. The summed E-state index contributed by atoms with van der Waals surface area (Å²) in [6.07, 6.45) is 1.89. The predicted octanol–water partition coefficient (Wildman–Crippen LogP) is 22.0. The third-order valence-corrected chi connectivity index (χ3v) is 16.7. The second-order valence-electron chi connectivity index (χ2n) is 25.8. The average Bonchev–Trinajstić information content (AvgIpc) is 2.01. The van der Waals surface area contributed by atoms with Gasteiger partial charge in [-0.15, -0.1) is 0 Å². The third kappa shape index (κ3) is 10.8. The van der Waals surface area contributed by atoms with Gasteiger partial charge in [-0.25, -0.2) is 18.2 Å². The van der Waals surface area contributed by atoms with E-state index in [2.05, 4.69) is 209 Å². The molecule has 6 nitrogen and oxygen atoms in total. The summed E-state index contributed by atoms with van der Waals surface area (Å²) in [5.74, 6) is -0.989. The lowest BCUT2D eigenvalue weighted by molar-refractivity contribution is 0.483. The molecule has 0 amide bonds. The number of nitrogens with zero attached hydrogens (tertiary/aromatic N) is 5. The van der Waals surface area contributed by atoms with Crippen LogP contribution in [0.4, 0.5) is 53.0 Å². The van der Waals surface area contributed by atoms with Gasteiger partial charge in [0, 0.05) is 75.5 Å². The van der Waals surface area contributed by atoms with Crippen LogP contribution in [0.5, 0.6) is 11.5 Å². The number of rotatable bonds is 11. The maximum Gasteiger partial charge on any atom is 0.137 e. The van der Waals surface area contributed by atoms with Gasteiger partial charge in [0.15, 0.2) is 0 Å². The van der Waals surface area contributed by atoms with Gasteiger partial charge in [0.25, 0.3) is 0 Å². The first kappa shape index (κ1) is 56.3. The molecule has 0 aliphatic carbocycles. The van der Waals surface area contributed by atoms with Crippen LogP contribution in [0.25, 0.3) is 61.0 Å². The largest absolute Gasteiger partial charge is 0.457 e.